The van der Waals surface area contributed by atoms with Gasteiger partial charge >= 0.3 is 0 Å². The maximum absolute atomic E-state index is 5.60. The summed E-state index contributed by atoms with van der Waals surface area (Å²) in [6.45, 7) is 2.41. The lowest BCUT2D eigenvalue weighted by molar-refractivity contribution is 0.628. The van der Waals surface area contributed by atoms with Gasteiger partial charge in [-0.1, -0.05) is 146 Å². The molecule has 3 nitrogen and oxygen atoms in total. The third-order valence-corrected chi connectivity index (χ3v) is 11.5. The van der Waals surface area contributed by atoms with Crippen molar-refractivity contribution in [2.24, 2.45) is 15.9 Å². The molecule has 0 fully saturated rings. The van der Waals surface area contributed by atoms with E-state index in [9.17, 15) is 0 Å². The SMILES string of the molecule is CC1c2ccccc2-c2c(cc3c4ccccc4n4c5ccccc5c2c34)C1C1=NC(c2ccc(-c3ccccc3)cc2)=NC2C=CC=CC12. The van der Waals surface area contributed by atoms with Crippen LogP contribution in [-0.4, -0.2) is 22.0 Å². The van der Waals surface area contributed by atoms with Crippen molar-refractivity contribution in [1.29, 1.82) is 0 Å². The molecule has 0 saturated carbocycles. The maximum atomic E-state index is 5.60. The highest BCUT2D eigenvalue weighted by molar-refractivity contribution is 6.28. The lowest BCUT2D eigenvalue weighted by Gasteiger charge is -2.39. The standard InChI is InChI=1S/C47H33N3/c1-28-32-15-5-6-17-34(32)43-38(27-37-33-16-8-11-21-40(33)50-41-22-12-9-19-36(41)44(43)46(37)50)42(28)45-35-18-7-10-20-39(35)48-47(49-45)31-25-23-30(24-26-31)29-13-3-2-4-14-29/h2-28,35,39,42H,1H3. The molecular formula is C47H33N3. The number of amidine groups is 1. The molecule has 4 atom stereocenters. The Hall–Kier alpha value is -6.06. The first-order valence-corrected chi connectivity index (χ1v) is 17.7. The monoisotopic (exact) mass is 639 g/mol. The molecule has 50 heavy (non-hydrogen) atoms. The van der Waals surface area contributed by atoms with Crippen molar-refractivity contribution in [3.63, 3.8) is 0 Å². The van der Waals surface area contributed by atoms with E-state index in [4.69, 9.17) is 9.98 Å². The number of nitrogens with zero attached hydrogens (tertiary/aromatic N) is 3. The molecule has 4 unspecified atom stereocenters. The normalized spacial score (nSPS) is 21.0. The van der Waals surface area contributed by atoms with Gasteiger partial charge in [-0.15, -0.1) is 0 Å². The molecular weight excluding hydrogens is 607 g/mol. The van der Waals surface area contributed by atoms with Crippen molar-refractivity contribution in [2.45, 2.75) is 24.8 Å². The lowest BCUT2D eigenvalue weighted by atomic mass is 9.66. The summed E-state index contributed by atoms with van der Waals surface area (Å²) < 4.78 is 2.50. The summed E-state index contributed by atoms with van der Waals surface area (Å²) in [5.41, 5.74) is 14.0. The van der Waals surface area contributed by atoms with Gasteiger partial charge in [0.2, 0.25) is 0 Å². The van der Waals surface area contributed by atoms with Gasteiger partial charge in [0, 0.05) is 44.7 Å². The first kappa shape index (κ1) is 27.8. The fourth-order valence-electron chi connectivity index (χ4n) is 9.28. The smallest absolute Gasteiger partial charge is 0.155 e. The van der Waals surface area contributed by atoms with Gasteiger partial charge in [0.25, 0.3) is 0 Å². The quantitative estimate of drug-likeness (QED) is 0.184. The first-order chi connectivity index (χ1) is 24.7. The second-order valence-corrected chi connectivity index (χ2v) is 14.1. The molecule has 0 spiro atoms. The molecule has 3 heterocycles. The first-order valence-electron chi connectivity index (χ1n) is 17.7. The summed E-state index contributed by atoms with van der Waals surface area (Å²) in [7, 11) is 0. The van der Waals surface area contributed by atoms with E-state index >= 15 is 0 Å². The fourth-order valence-corrected chi connectivity index (χ4v) is 9.28. The molecule has 3 aliphatic rings. The van der Waals surface area contributed by atoms with Crippen LogP contribution in [0.3, 0.4) is 0 Å². The van der Waals surface area contributed by atoms with Gasteiger partial charge in [-0.25, -0.2) is 4.99 Å². The van der Waals surface area contributed by atoms with E-state index in [1.807, 2.05) is 0 Å². The summed E-state index contributed by atoms with van der Waals surface area (Å²) in [6, 6.07) is 48.8. The summed E-state index contributed by atoms with van der Waals surface area (Å²) in [4.78, 5) is 10.9. The highest BCUT2D eigenvalue weighted by Gasteiger charge is 2.42. The van der Waals surface area contributed by atoms with E-state index in [0.717, 1.165) is 11.4 Å². The van der Waals surface area contributed by atoms with Gasteiger partial charge in [-0.3, -0.25) is 4.99 Å². The number of aliphatic imine (C=N–C) groups is 2. The van der Waals surface area contributed by atoms with Gasteiger partial charge in [-0.2, -0.15) is 0 Å². The van der Waals surface area contributed by atoms with E-state index in [1.54, 1.807) is 0 Å². The Labute approximate surface area is 290 Å². The summed E-state index contributed by atoms with van der Waals surface area (Å²) in [6.07, 6.45) is 8.91. The molecule has 11 rings (SSSR count). The number of allylic oxidation sites excluding steroid dienone is 2. The van der Waals surface area contributed by atoms with Crippen LogP contribution in [-0.2, 0) is 0 Å². The van der Waals surface area contributed by atoms with Gasteiger partial charge in [0.15, 0.2) is 5.84 Å². The van der Waals surface area contributed by atoms with Crippen LogP contribution in [0.15, 0.2) is 168 Å². The molecule has 0 amide bonds. The Kier molecular flexibility index (Phi) is 5.83. The molecule has 1 aliphatic heterocycles. The Balaban J connectivity index is 1.18. The fraction of sp³-hybridized carbons (Fsp3) is 0.106. The molecule has 3 heteroatoms. The zero-order chi connectivity index (χ0) is 32.9. The second-order valence-electron chi connectivity index (χ2n) is 14.1. The minimum atomic E-state index is 0.00523. The van der Waals surface area contributed by atoms with E-state index in [2.05, 4.69) is 169 Å². The van der Waals surface area contributed by atoms with Gasteiger partial charge in [0.05, 0.1) is 22.6 Å². The highest BCUT2D eigenvalue weighted by Crippen LogP contribution is 2.55. The average molecular weight is 640 g/mol. The maximum Gasteiger partial charge on any atom is 0.155 e. The van der Waals surface area contributed by atoms with Crippen LogP contribution < -0.4 is 0 Å². The van der Waals surface area contributed by atoms with Crippen molar-refractivity contribution in [3.05, 3.63) is 174 Å². The Bertz CT molecular complexity index is 2780. The van der Waals surface area contributed by atoms with E-state index in [-0.39, 0.29) is 23.8 Å². The van der Waals surface area contributed by atoms with Gasteiger partial charge in [0.1, 0.15) is 0 Å². The number of rotatable bonds is 3. The number of aromatic nitrogens is 1. The van der Waals surface area contributed by atoms with Crippen LogP contribution >= 0.6 is 0 Å². The number of fused-ring (bicyclic) bond motifs is 11. The molecule has 2 aliphatic carbocycles. The van der Waals surface area contributed by atoms with Crippen molar-refractivity contribution < 1.29 is 0 Å². The topological polar surface area (TPSA) is 29.1 Å². The number of benzene rings is 6. The van der Waals surface area contributed by atoms with Gasteiger partial charge < -0.3 is 4.40 Å². The zero-order valence-electron chi connectivity index (χ0n) is 27.7. The van der Waals surface area contributed by atoms with E-state index in [1.165, 1.54) is 77.2 Å². The van der Waals surface area contributed by atoms with E-state index < -0.39 is 0 Å². The molecule has 0 bridgehead atoms. The summed E-state index contributed by atoms with van der Waals surface area (Å²) in [5.74, 6) is 1.22. The van der Waals surface area contributed by atoms with Crippen molar-refractivity contribution in [2.75, 3.05) is 0 Å². The summed E-state index contributed by atoms with van der Waals surface area (Å²) in [5, 5.41) is 5.28. The predicted molar refractivity (Wildman–Crippen MR) is 209 cm³/mol. The van der Waals surface area contributed by atoms with Crippen LogP contribution in [0, 0.1) is 5.92 Å². The van der Waals surface area contributed by atoms with Crippen molar-refractivity contribution in [1.82, 2.24) is 4.40 Å². The number of para-hydroxylation sites is 2. The van der Waals surface area contributed by atoms with Crippen molar-refractivity contribution in [3.8, 4) is 22.3 Å². The Morgan fingerprint density at radius 2 is 1.24 bits per heavy atom. The second kappa shape index (κ2) is 10.5. The van der Waals surface area contributed by atoms with Crippen LogP contribution in [0.5, 0.6) is 0 Å². The molecule has 2 aromatic heterocycles. The number of hydrogen-bond donors (Lipinski definition) is 0. The van der Waals surface area contributed by atoms with Gasteiger partial charge in [-0.05, 0) is 57.5 Å². The number of hydrogen-bond acceptors (Lipinski definition) is 2. The molecule has 0 N–H and O–H groups in total. The zero-order valence-corrected chi connectivity index (χ0v) is 27.7. The van der Waals surface area contributed by atoms with E-state index in [0.29, 0.717) is 0 Å². The lowest BCUT2D eigenvalue weighted by Crippen LogP contribution is -2.37. The molecule has 0 saturated heterocycles. The Morgan fingerprint density at radius 3 is 2.08 bits per heavy atom. The molecule has 8 aromatic rings. The average Bonchev–Trinajstić information content (AvgIpc) is 3.70. The highest BCUT2D eigenvalue weighted by atomic mass is 15.0. The Morgan fingerprint density at radius 1 is 0.580 bits per heavy atom. The molecule has 236 valence electrons. The largest absolute Gasteiger partial charge is 0.308 e. The predicted octanol–water partition coefficient (Wildman–Crippen LogP) is 11.4. The van der Waals surface area contributed by atoms with Crippen LogP contribution in [0.1, 0.15) is 35.4 Å². The van der Waals surface area contributed by atoms with Crippen LogP contribution in [0.4, 0.5) is 0 Å². The minimum absolute atomic E-state index is 0.00523. The third-order valence-electron chi connectivity index (χ3n) is 11.5. The third kappa shape index (κ3) is 3.80. The minimum Gasteiger partial charge on any atom is -0.308 e. The van der Waals surface area contributed by atoms with Crippen LogP contribution in [0.2, 0.25) is 0 Å². The van der Waals surface area contributed by atoms with Crippen LogP contribution in [0.25, 0.3) is 60.3 Å². The molecule has 0 radical (unpaired) electrons. The summed E-state index contributed by atoms with van der Waals surface area (Å²) >= 11 is 0. The molecule has 6 aromatic carbocycles. The van der Waals surface area contributed by atoms with Crippen molar-refractivity contribution >= 4 is 49.6 Å².